The summed E-state index contributed by atoms with van der Waals surface area (Å²) < 4.78 is 50.6. The minimum Gasteiger partial charge on any atom is -0.369 e. The largest absolute Gasteiger partial charge is 0.393 e. The van der Waals surface area contributed by atoms with E-state index in [-0.39, 0.29) is 28.7 Å². The summed E-state index contributed by atoms with van der Waals surface area (Å²) in [7, 11) is 0. The number of alkyl halides is 3. The average Bonchev–Trinajstić information content (AvgIpc) is 2.92. The van der Waals surface area contributed by atoms with Crippen molar-refractivity contribution >= 4 is 11.7 Å². The Morgan fingerprint density at radius 3 is 1.95 bits per heavy atom. The highest BCUT2D eigenvalue weighted by Crippen LogP contribution is 2.28. The molecule has 3 aromatic carbocycles. The van der Waals surface area contributed by atoms with Crippen LogP contribution in [0.25, 0.3) is 0 Å². The zero-order valence-electron chi connectivity index (χ0n) is 23.2. The maximum atomic E-state index is 13.4. The van der Waals surface area contributed by atoms with E-state index in [1.54, 1.807) is 4.57 Å². The number of anilines is 1. The number of carbonyl (C=O) groups is 1. The molecule has 9 heteroatoms. The van der Waals surface area contributed by atoms with Crippen molar-refractivity contribution in [3.05, 3.63) is 129 Å². The number of halogens is 4. The molecule has 5 nitrogen and oxygen atoms in total. The third-order valence-electron chi connectivity index (χ3n) is 6.46. The van der Waals surface area contributed by atoms with Crippen LogP contribution in [0.4, 0.5) is 23.5 Å². The molecule has 2 N–H and O–H groups in total. The number of nitrogens with two attached hydrogens (primary N) is 1. The predicted molar refractivity (Wildman–Crippen MR) is 153 cm³/mol. The van der Waals surface area contributed by atoms with Crippen LogP contribution in [0.15, 0.2) is 83.7 Å². The highest BCUT2D eigenvalue weighted by molar-refractivity contribution is 5.94. The van der Waals surface area contributed by atoms with Crippen LogP contribution in [0, 0.1) is 5.82 Å². The van der Waals surface area contributed by atoms with Gasteiger partial charge < -0.3 is 5.73 Å². The highest BCUT2D eigenvalue weighted by atomic mass is 19.4. The van der Waals surface area contributed by atoms with Crippen LogP contribution in [0.1, 0.15) is 71.5 Å². The molecule has 1 heterocycles. The SMILES string of the molecule is CC(=O)c1ccc(CC(F)(F)F)cc1F.CCCc1c(CC)nc(N)n(C(c2ccccc2)c2ccccc2)c1=O. The Bertz CT molecular complexity index is 1480. The quantitative estimate of drug-likeness (QED) is 0.182. The molecule has 0 atom stereocenters. The number of hydrogen-bond acceptors (Lipinski definition) is 4. The molecule has 1 aromatic heterocycles. The molecule has 0 unspecified atom stereocenters. The van der Waals surface area contributed by atoms with Gasteiger partial charge in [0.2, 0.25) is 5.95 Å². The highest BCUT2D eigenvalue weighted by Gasteiger charge is 2.28. The summed E-state index contributed by atoms with van der Waals surface area (Å²) in [6, 6.07) is 22.6. The number of hydrogen-bond donors (Lipinski definition) is 1. The van der Waals surface area contributed by atoms with E-state index in [4.69, 9.17) is 5.73 Å². The van der Waals surface area contributed by atoms with Crippen molar-refractivity contribution in [2.75, 3.05) is 5.73 Å². The number of nitrogens with zero attached hydrogens (tertiary/aromatic N) is 2. The molecular weight excluding hydrogens is 534 g/mol. The van der Waals surface area contributed by atoms with Crippen molar-refractivity contribution in [1.29, 1.82) is 0 Å². The van der Waals surface area contributed by atoms with Gasteiger partial charge in [0.05, 0.1) is 23.7 Å². The number of nitrogen functional groups attached to an aromatic ring is 1. The number of aromatic nitrogens is 2. The fourth-order valence-corrected chi connectivity index (χ4v) is 4.62. The Morgan fingerprint density at radius 2 is 1.51 bits per heavy atom. The predicted octanol–water partition coefficient (Wildman–Crippen LogP) is 7.11. The van der Waals surface area contributed by atoms with Crippen LogP contribution in [0.2, 0.25) is 0 Å². The maximum Gasteiger partial charge on any atom is 0.393 e. The van der Waals surface area contributed by atoms with Crippen LogP contribution in [0.3, 0.4) is 0 Å². The normalized spacial score (nSPS) is 11.2. The van der Waals surface area contributed by atoms with E-state index in [1.165, 1.54) is 0 Å². The minimum absolute atomic E-state index is 0.0334. The zero-order chi connectivity index (χ0) is 30.2. The fourth-order valence-electron chi connectivity index (χ4n) is 4.62. The van der Waals surface area contributed by atoms with E-state index in [2.05, 4.69) is 11.9 Å². The molecule has 0 bridgehead atoms. The maximum absolute atomic E-state index is 13.4. The molecule has 0 aliphatic rings. The Balaban J connectivity index is 0.000000263. The molecule has 0 fully saturated rings. The number of Topliss-reactive ketones (excluding diaryl/α,β-unsaturated/α-hetero) is 1. The van der Waals surface area contributed by atoms with Gasteiger partial charge in [0.1, 0.15) is 5.82 Å². The number of ketones is 1. The average molecular weight is 568 g/mol. The molecule has 4 rings (SSSR count). The van der Waals surface area contributed by atoms with Gasteiger partial charge in [-0.2, -0.15) is 13.2 Å². The summed E-state index contributed by atoms with van der Waals surface area (Å²) in [5.41, 5.74) is 9.49. The monoisotopic (exact) mass is 567 g/mol. The Hall–Kier alpha value is -4.27. The van der Waals surface area contributed by atoms with Gasteiger partial charge in [0.15, 0.2) is 5.78 Å². The molecule has 0 spiro atoms. The van der Waals surface area contributed by atoms with Gasteiger partial charge in [0.25, 0.3) is 5.56 Å². The Kier molecular flexibility index (Phi) is 10.6. The molecule has 0 aliphatic heterocycles. The van der Waals surface area contributed by atoms with Gasteiger partial charge in [-0.1, -0.05) is 87.0 Å². The molecule has 216 valence electrons. The molecule has 0 aliphatic carbocycles. The first kappa shape index (κ1) is 31.3. The van der Waals surface area contributed by atoms with Crippen molar-refractivity contribution < 1.29 is 22.4 Å². The van der Waals surface area contributed by atoms with E-state index in [1.807, 2.05) is 67.6 Å². The van der Waals surface area contributed by atoms with E-state index in [9.17, 15) is 27.2 Å². The van der Waals surface area contributed by atoms with Gasteiger partial charge in [-0.05, 0) is 48.6 Å². The van der Waals surface area contributed by atoms with E-state index in [0.29, 0.717) is 12.8 Å². The second-order valence-electron chi connectivity index (χ2n) is 9.56. The minimum atomic E-state index is -4.37. The first-order valence-corrected chi connectivity index (χ1v) is 13.3. The van der Waals surface area contributed by atoms with Crippen molar-refractivity contribution in [3.63, 3.8) is 0 Å². The van der Waals surface area contributed by atoms with E-state index < -0.39 is 24.2 Å². The molecule has 0 radical (unpaired) electrons. The van der Waals surface area contributed by atoms with Crippen LogP contribution in [-0.2, 0) is 19.3 Å². The number of aryl methyl sites for hydroxylation is 1. The van der Waals surface area contributed by atoms with Gasteiger partial charge in [-0.3, -0.25) is 14.2 Å². The zero-order valence-corrected chi connectivity index (χ0v) is 23.2. The van der Waals surface area contributed by atoms with Crippen LogP contribution >= 0.6 is 0 Å². The first-order valence-electron chi connectivity index (χ1n) is 13.3. The van der Waals surface area contributed by atoms with Crippen LogP contribution in [0.5, 0.6) is 0 Å². The van der Waals surface area contributed by atoms with E-state index >= 15 is 0 Å². The molecular formula is C32H33F4N3O2. The number of benzene rings is 3. The van der Waals surface area contributed by atoms with E-state index in [0.717, 1.165) is 53.9 Å². The topological polar surface area (TPSA) is 78.0 Å². The lowest BCUT2D eigenvalue weighted by Crippen LogP contribution is -2.33. The van der Waals surface area contributed by atoms with Gasteiger partial charge in [0, 0.05) is 5.56 Å². The smallest absolute Gasteiger partial charge is 0.369 e. The molecule has 0 saturated carbocycles. The summed E-state index contributed by atoms with van der Waals surface area (Å²) in [6.45, 7) is 5.24. The lowest BCUT2D eigenvalue weighted by molar-refractivity contribution is -0.127. The summed E-state index contributed by atoms with van der Waals surface area (Å²) in [5.74, 6) is -1.15. The van der Waals surface area contributed by atoms with Crippen LogP contribution < -0.4 is 11.3 Å². The first-order chi connectivity index (χ1) is 19.5. The molecule has 0 saturated heterocycles. The lowest BCUT2D eigenvalue weighted by atomic mass is 9.97. The third-order valence-corrected chi connectivity index (χ3v) is 6.46. The van der Waals surface area contributed by atoms with Crippen LogP contribution in [-0.4, -0.2) is 21.5 Å². The van der Waals surface area contributed by atoms with Gasteiger partial charge in [-0.25, -0.2) is 9.37 Å². The summed E-state index contributed by atoms with van der Waals surface area (Å²) in [6.07, 6.45) is -3.25. The number of rotatable bonds is 8. The fraction of sp³-hybridized carbons (Fsp3) is 0.281. The van der Waals surface area contributed by atoms with Crippen molar-refractivity contribution in [3.8, 4) is 0 Å². The van der Waals surface area contributed by atoms with Crippen molar-refractivity contribution in [2.45, 2.75) is 58.7 Å². The summed E-state index contributed by atoms with van der Waals surface area (Å²) in [5, 5.41) is 0. The Morgan fingerprint density at radius 1 is 0.951 bits per heavy atom. The summed E-state index contributed by atoms with van der Waals surface area (Å²) in [4.78, 5) is 28.8. The molecule has 41 heavy (non-hydrogen) atoms. The third kappa shape index (κ3) is 8.13. The van der Waals surface area contributed by atoms with Gasteiger partial charge in [-0.15, -0.1) is 0 Å². The number of carbonyl (C=O) groups excluding carboxylic acids is 1. The van der Waals surface area contributed by atoms with Crippen molar-refractivity contribution in [2.24, 2.45) is 0 Å². The standard InChI is InChI=1S/C22H25N3O.C10H8F4O/c1-3-11-18-19(4-2)24-22(23)25(21(18)26)20(16-12-7-5-8-13-16)17-14-9-6-10-15-17;1-6(15)8-3-2-7(4-9(8)11)5-10(12,13)14/h5-10,12-15,20H,3-4,11H2,1-2H3,(H2,23,24);2-4H,5H2,1H3. The molecule has 4 aromatic rings. The second-order valence-corrected chi connectivity index (χ2v) is 9.56. The lowest BCUT2D eigenvalue weighted by Gasteiger charge is -2.24. The Labute approximate surface area is 236 Å². The molecule has 0 amide bonds. The van der Waals surface area contributed by atoms with Crippen molar-refractivity contribution in [1.82, 2.24) is 9.55 Å². The van der Waals surface area contributed by atoms with Gasteiger partial charge >= 0.3 is 6.18 Å². The summed E-state index contributed by atoms with van der Waals surface area (Å²) >= 11 is 0. The second kappa shape index (κ2) is 13.9.